The average molecular weight is 1440 g/mol. The summed E-state index contributed by atoms with van der Waals surface area (Å²) in [5.41, 5.74) is 11.7. The number of carbonyl (C=O) groups is 4. The van der Waals surface area contributed by atoms with Crippen LogP contribution in [0.5, 0.6) is 0 Å². The number of amides is 2. The van der Waals surface area contributed by atoms with Crippen molar-refractivity contribution in [3.05, 3.63) is 228 Å². The Morgan fingerprint density at radius 3 is 1.06 bits per heavy atom. The second-order valence-electron chi connectivity index (χ2n) is 19.3. The molecule has 0 aliphatic rings. The number of hydrogen-bond donors (Lipinski definition) is 5. The number of rotatable bonds is 17. The van der Waals surface area contributed by atoms with E-state index in [2.05, 4.69) is 86.1 Å². The van der Waals surface area contributed by atoms with Crippen LogP contribution in [0.1, 0.15) is 83.6 Å². The highest BCUT2D eigenvalue weighted by Gasteiger charge is 2.21. The summed E-state index contributed by atoms with van der Waals surface area (Å²) >= 11 is 17.0. The van der Waals surface area contributed by atoms with E-state index in [0.29, 0.717) is 82.8 Å². The zero-order valence-corrected chi connectivity index (χ0v) is 55.1. The maximum atomic E-state index is 13.3. The Morgan fingerprint density at radius 1 is 0.412 bits per heavy atom. The van der Waals surface area contributed by atoms with Gasteiger partial charge in [0.2, 0.25) is 22.5 Å². The Hall–Kier alpha value is -10.4. The summed E-state index contributed by atoms with van der Waals surface area (Å²) in [6.45, 7) is 5.20. The van der Waals surface area contributed by atoms with Crippen LogP contribution in [0.2, 0.25) is 10.6 Å². The Kier molecular flexibility index (Phi) is 25.5. The molecular weight excluding hydrogens is 1390 g/mol. The lowest BCUT2D eigenvalue weighted by Crippen LogP contribution is -2.24. The lowest BCUT2D eigenvalue weighted by Gasteiger charge is -2.09. The maximum Gasteiger partial charge on any atom is 0.358 e. The van der Waals surface area contributed by atoms with Gasteiger partial charge in [-0.2, -0.15) is 0 Å². The number of ether oxygens (including phenoxy) is 2. The van der Waals surface area contributed by atoms with Crippen LogP contribution in [-0.4, -0.2) is 102 Å². The largest absolute Gasteiger partial charge is 0.461 e. The first-order valence-corrected chi connectivity index (χ1v) is 32.6. The van der Waals surface area contributed by atoms with E-state index in [9.17, 15) is 41.1 Å². The number of esters is 2. The van der Waals surface area contributed by atoms with E-state index < -0.39 is 47.0 Å². The molecule has 496 valence electrons. The fraction of sp³-hybridized carbons (Fsp3) is 0.145. The molecule has 13 aromatic rings. The molecule has 2 amide bonds. The van der Waals surface area contributed by atoms with Gasteiger partial charge >= 0.3 is 11.9 Å². The molecule has 0 unspecified atom stereocenters. The number of nitrogens with two attached hydrogens (primary N) is 1. The van der Waals surface area contributed by atoms with E-state index in [4.69, 9.17) is 38.4 Å². The first-order valence-electron chi connectivity index (χ1n) is 28.3. The molecule has 0 radical (unpaired) electrons. The third-order valence-electron chi connectivity index (χ3n) is 12.4. The number of pyridine rings is 5. The number of fused-ring (bicyclic) bond motifs is 4. The smallest absolute Gasteiger partial charge is 0.358 e. The molecule has 13 aromatic heterocycles. The fourth-order valence-electron chi connectivity index (χ4n) is 8.21. The van der Waals surface area contributed by atoms with E-state index in [1.54, 1.807) is 50.5 Å². The average Bonchev–Trinajstić information content (AvgIpc) is 1.76. The number of aromatic nitrogens is 13. The number of nitrogens with zero attached hydrogens (tertiary/aromatic N) is 13. The van der Waals surface area contributed by atoms with Crippen molar-refractivity contribution < 1.29 is 50.6 Å². The third-order valence-corrected chi connectivity index (χ3v) is 16.4. The van der Waals surface area contributed by atoms with Crippen LogP contribution < -0.4 is 27.0 Å². The zero-order valence-electron chi connectivity index (χ0n) is 50.3. The molecule has 97 heavy (non-hydrogen) atoms. The normalized spacial score (nSPS) is 10.6. The molecule has 0 bridgehead atoms. The van der Waals surface area contributed by atoms with E-state index >= 15 is 0 Å². The number of nitrogens with one attached hydrogen (secondary N) is 4. The summed E-state index contributed by atoms with van der Waals surface area (Å²) < 4.78 is 77.5. The molecule has 13 rings (SSSR count). The van der Waals surface area contributed by atoms with Gasteiger partial charge in [0.1, 0.15) is 29.1 Å². The first-order chi connectivity index (χ1) is 46.9. The van der Waals surface area contributed by atoms with Crippen LogP contribution in [0, 0.1) is 29.1 Å². The summed E-state index contributed by atoms with van der Waals surface area (Å²) in [6.07, 6.45) is 13.2. The number of anilines is 2. The molecule has 0 spiro atoms. The van der Waals surface area contributed by atoms with Gasteiger partial charge in [-0.3, -0.25) is 34.5 Å². The molecule has 13 heterocycles. The molecule has 0 saturated heterocycles. The molecule has 35 heteroatoms. The van der Waals surface area contributed by atoms with E-state index in [1.807, 2.05) is 21.5 Å². The number of carbonyl (C=O) groups excluding carboxylic acids is 4. The predicted molar refractivity (Wildman–Crippen MR) is 357 cm³/mol. The highest BCUT2D eigenvalue weighted by molar-refractivity contribution is 7.18. The van der Waals surface area contributed by atoms with Crippen molar-refractivity contribution in [1.82, 2.24) is 75.4 Å². The number of halogens is 7. The summed E-state index contributed by atoms with van der Waals surface area (Å²) in [5.74, 6) is -3.36. The van der Waals surface area contributed by atoms with Crippen molar-refractivity contribution in [1.29, 1.82) is 0 Å². The molecule has 0 fully saturated rings. The molecular formula is C62H49Cl2F5N18O6S4. The fourth-order valence-corrected chi connectivity index (χ4v) is 11.8. The monoisotopic (exact) mass is 1430 g/mol. The SMILES string of the molecule is CCOC(=O)c1nc(Cl)nc2ccsc12.CCOC(=O)c1nc(NCc2cncc(F)c2)nc2ccsc12.NCc1cncc(F)c1.O=C(NCc1cncc(F)c1)c1nc(Cl)nc2ccsc12.O=C(NCc1cncc(F)c1)c1nc(NCc2cncc(F)c2)nc2ccsc12. The van der Waals surface area contributed by atoms with E-state index in [1.165, 1.54) is 94.3 Å². The summed E-state index contributed by atoms with van der Waals surface area (Å²) in [6, 6.07) is 13.8. The molecule has 0 aliphatic carbocycles. The Bertz CT molecular complexity index is 4900. The third kappa shape index (κ3) is 20.3. The quantitative estimate of drug-likeness (QED) is 0.0321. The lowest BCUT2D eigenvalue weighted by atomic mass is 10.2. The second kappa shape index (κ2) is 34.8. The van der Waals surface area contributed by atoms with Crippen LogP contribution in [0.15, 0.2) is 138 Å². The van der Waals surface area contributed by atoms with Gasteiger partial charge in [-0.1, -0.05) is 0 Å². The van der Waals surface area contributed by atoms with E-state index in [0.717, 1.165) is 36.5 Å². The van der Waals surface area contributed by atoms with Gasteiger partial charge in [-0.25, -0.2) is 71.4 Å². The highest BCUT2D eigenvalue weighted by atomic mass is 35.5. The highest BCUT2D eigenvalue weighted by Crippen LogP contribution is 2.28. The minimum Gasteiger partial charge on any atom is -0.461 e. The minimum atomic E-state index is -0.488. The zero-order chi connectivity index (χ0) is 68.8. The Balaban J connectivity index is 0.000000148. The summed E-state index contributed by atoms with van der Waals surface area (Å²) in [7, 11) is 0. The van der Waals surface area contributed by atoms with Crippen molar-refractivity contribution in [3.8, 4) is 0 Å². The predicted octanol–water partition coefficient (Wildman–Crippen LogP) is 12.3. The second-order valence-corrected chi connectivity index (χ2v) is 23.6. The van der Waals surface area contributed by atoms with Gasteiger partial charge in [0.25, 0.3) is 11.8 Å². The van der Waals surface area contributed by atoms with Crippen LogP contribution >= 0.6 is 68.5 Å². The first kappa shape index (κ1) is 70.9. The van der Waals surface area contributed by atoms with Gasteiger partial charge in [0, 0.05) is 63.7 Å². The van der Waals surface area contributed by atoms with Crippen LogP contribution in [-0.2, 0) is 42.2 Å². The summed E-state index contributed by atoms with van der Waals surface area (Å²) in [4.78, 5) is 100. The lowest BCUT2D eigenvalue weighted by molar-refractivity contribution is 0.0513. The van der Waals surface area contributed by atoms with Crippen molar-refractivity contribution in [2.45, 2.75) is 46.6 Å². The molecule has 0 saturated carbocycles. The molecule has 6 N–H and O–H groups in total. The molecule has 24 nitrogen and oxygen atoms in total. The topological polar surface area (TPSA) is 328 Å². The van der Waals surface area contributed by atoms with Crippen LogP contribution in [0.4, 0.5) is 33.8 Å². The van der Waals surface area contributed by atoms with Crippen molar-refractivity contribution >= 4 is 145 Å². The van der Waals surface area contributed by atoms with Crippen LogP contribution in [0.25, 0.3) is 40.9 Å². The molecule has 0 atom stereocenters. The number of hydrogen-bond acceptors (Lipinski definition) is 26. The number of thiophene rings is 4. The van der Waals surface area contributed by atoms with Gasteiger partial charge < -0.3 is 36.5 Å². The van der Waals surface area contributed by atoms with Gasteiger partial charge in [-0.05, 0) is 141 Å². The molecule has 0 aliphatic heterocycles. The maximum absolute atomic E-state index is 13.3. The Labute approximate surface area is 572 Å². The van der Waals surface area contributed by atoms with Crippen molar-refractivity contribution in [2.24, 2.45) is 5.73 Å². The Morgan fingerprint density at radius 2 is 0.711 bits per heavy atom. The van der Waals surface area contributed by atoms with Crippen molar-refractivity contribution in [3.63, 3.8) is 0 Å². The molecule has 0 aromatic carbocycles. The van der Waals surface area contributed by atoms with Crippen LogP contribution in [0.3, 0.4) is 0 Å². The summed E-state index contributed by atoms with van der Waals surface area (Å²) in [5, 5.41) is 18.7. The standard InChI is InChI=1S/C19H14F2N6OS.C15H13FN4O2S.C13H8ClFN4OS.C9H7ClN2O2S.C6H7FN2/c20-13-3-11(5-22-9-13)7-24-18(28)16-17-15(1-2-29-17)26-19(27-16)25-8-12-4-14(21)10-23-6-12;1-2-22-14(21)12-13-11(3-4-23-13)19-15(20-12)18-7-9-5-10(16)8-17-6-9;14-13-18-9-1-2-21-11(9)10(19-13)12(20)17-5-7-3-8(15)6-16-4-7;1-2-14-8(13)6-7-5(3-4-15-7)11-9(10)12-6;7-6-1-5(2-8)3-9-4-6/h1-6,9-10H,7-8H2,(H,24,28)(H,25,26,27);3-6,8H,2,7H2,1H3,(H,18,19,20);1-4,6H,5H2,(H,17,20);3-4H,2H2,1H3;1,3-4H,2,8H2. The minimum absolute atomic E-state index is 0.0125. The van der Waals surface area contributed by atoms with Crippen molar-refractivity contribution in [2.75, 3.05) is 23.8 Å². The van der Waals surface area contributed by atoms with Gasteiger partial charge in [0.15, 0.2) is 22.8 Å². The van der Waals surface area contributed by atoms with E-state index in [-0.39, 0.29) is 77.3 Å². The van der Waals surface area contributed by atoms with Gasteiger partial charge in [-0.15, -0.1) is 45.3 Å². The van der Waals surface area contributed by atoms with Gasteiger partial charge in [0.05, 0.1) is 85.1 Å².